The summed E-state index contributed by atoms with van der Waals surface area (Å²) in [5.74, 6) is -0.792. The van der Waals surface area contributed by atoms with E-state index in [1.54, 1.807) is 43.3 Å². The van der Waals surface area contributed by atoms with Crippen molar-refractivity contribution in [2.75, 3.05) is 17.4 Å². The predicted molar refractivity (Wildman–Crippen MR) is 152 cm³/mol. The number of aryl methyl sites for hydroxylation is 1. The summed E-state index contributed by atoms with van der Waals surface area (Å²) in [6.07, 6.45) is 1.75. The predicted octanol–water partition coefficient (Wildman–Crippen LogP) is 5.18. The molecule has 0 radical (unpaired) electrons. The standard InChI is InChI=1S/C29H34ClN3O4S/c1-4-5-19-31-29(35)23(3)32(20-24-9-7-6-8-10-24)28(34)21-33(26-15-13-25(30)14-16-26)38(36,37)27-17-11-22(2)12-18-27/h6-18,23H,4-5,19-21H2,1-3H3,(H,31,35). The number of unbranched alkanes of at least 4 members (excludes halogenated alkanes) is 1. The number of hydrogen-bond acceptors (Lipinski definition) is 4. The van der Waals surface area contributed by atoms with Crippen molar-refractivity contribution in [3.05, 3.63) is 95.0 Å². The number of anilines is 1. The molecule has 0 saturated heterocycles. The van der Waals surface area contributed by atoms with E-state index in [0.29, 0.717) is 17.3 Å². The van der Waals surface area contributed by atoms with Gasteiger partial charge in [-0.15, -0.1) is 0 Å². The summed E-state index contributed by atoms with van der Waals surface area (Å²) < 4.78 is 28.6. The molecule has 202 valence electrons. The summed E-state index contributed by atoms with van der Waals surface area (Å²) in [4.78, 5) is 28.2. The fraction of sp³-hybridized carbons (Fsp3) is 0.310. The van der Waals surface area contributed by atoms with Crippen LogP contribution in [0.3, 0.4) is 0 Å². The molecule has 2 amide bonds. The quantitative estimate of drug-likeness (QED) is 0.312. The number of nitrogens with one attached hydrogen (secondary N) is 1. The average molecular weight is 556 g/mol. The van der Waals surface area contributed by atoms with Crippen LogP contribution < -0.4 is 9.62 Å². The lowest BCUT2D eigenvalue weighted by Gasteiger charge is -2.32. The van der Waals surface area contributed by atoms with E-state index in [2.05, 4.69) is 5.32 Å². The molecule has 0 aromatic heterocycles. The largest absolute Gasteiger partial charge is 0.354 e. The first-order valence-electron chi connectivity index (χ1n) is 12.6. The van der Waals surface area contributed by atoms with Crippen LogP contribution in [0.5, 0.6) is 0 Å². The highest BCUT2D eigenvalue weighted by Gasteiger charge is 2.32. The number of nitrogens with zero attached hydrogens (tertiary/aromatic N) is 2. The van der Waals surface area contributed by atoms with Crippen LogP contribution in [0.1, 0.15) is 37.8 Å². The van der Waals surface area contributed by atoms with Gasteiger partial charge in [0.15, 0.2) is 0 Å². The van der Waals surface area contributed by atoms with Gasteiger partial charge in [-0.3, -0.25) is 13.9 Å². The number of amides is 2. The Morgan fingerprint density at radius 3 is 2.18 bits per heavy atom. The Morgan fingerprint density at radius 1 is 0.947 bits per heavy atom. The minimum absolute atomic E-state index is 0.0609. The maximum atomic E-state index is 13.8. The van der Waals surface area contributed by atoms with Crippen molar-refractivity contribution in [2.24, 2.45) is 0 Å². The van der Waals surface area contributed by atoms with E-state index in [0.717, 1.165) is 28.3 Å². The van der Waals surface area contributed by atoms with E-state index in [1.165, 1.54) is 17.0 Å². The summed E-state index contributed by atoms with van der Waals surface area (Å²) in [6, 6.07) is 21.2. The van der Waals surface area contributed by atoms with Crippen LogP contribution >= 0.6 is 11.6 Å². The average Bonchev–Trinajstić information content (AvgIpc) is 2.91. The van der Waals surface area contributed by atoms with Crippen molar-refractivity contribution in [3.63, 3.8) is 0 Å². The second-order valence-corrected chi connectivity index (χ2v) is 11.4. The van der Waals surface area contributed by atoms with Crippen molar-refractivity contribution in [2.45, 2.75) is 51.1 Å². The molecule has 9 heteroatoms. The Kier molecular flexibility index (Phi) is 10.3. The van der Waals surface area contributed by atoms with Crippen LogP contribution in [0.25, 0.3) is 0 Å². The zero-order valence-electron chi connectivity index (χ0n) is 21.9. The number of hydrogen-bond donors (Lipinski definition) is 1. The molecule has 7 nitrogen and oxygen atoms in total. The third-order valence-electron chi connectivity index (χ3n) is 6.20. The number of carbonyl (C=O) groups is 2. The molecule has 1 unspecified atom stereocenters. The van der Waals surface area contributed by atoms with Gasteiger partial charge in [-0.2, -0.15) is 0 Å². The molecule has 3 aromatic rings. The monoisotopic (exact) mass is 555 g/mol. The van der Waals surface area contributed by atoms with E-state index in [4.69, 9.17) is 11.6 Å². The van der Waals surface area contributed by atoms with Crippen molar-refractivity contribution < 1.29 is 18.0 Å². The van der Waals surface area contributed by atoms with Gasteiger partial charge in [0.25, 0.3) is 10.0 Å². The molecule has 1 atom stereocenters. The Hall–Kier alpha value is -3.36. The first-order valence-corrected chi connectivity index (χ1v) is 14.4. The molecule has 0 aliphatic heterocycles. The molecular weight excluding hydrogens is 522 g/mol. The third kappa shape index (κ3) is 7.58. The fourth-order valence-corrected chi connectivity index (χ4v) is 5.41. The summed E-state index contributed by atoms with van der Waals surface area (Å²) >= 11 is 6.05. The molecule has 0 spiro atoms. The topological polar surface area (TPSA) is 86.8 Å². The zero-order valence-corrected chi connectivity index (χ0v) is 23.5. The lowest BCUT2D eigenvalue weighted by Crippen LogP contribution is -2.51. The first kappa shape index (κ1) is 29.2. The number of sulfonamides is 1. The summed E-state index contributed by atoms with van der Waals surface area (Å²) in [6.45, 7) is 5.72. The molecule has 0 heterocycles. The van der Waals surface area contributed by atoms with Gasteiger partial charge in [0, 0.05) is 18.1 Å². The molecular formula is C29H34ClN3O4S. The van der Waals surface area contributed by atoms with Crippen molar-refractivity contribution >= 4 is 39.1 Å². The number of benzene rings is 3. The molecule has 0 saturated carbocycles. The maximum absolute atomic E-state index is 13.8. The second kappa shape index (κ2) is 13.4. The summed E-state index contributed by atoms with van der Waals surface area (Å²) in [5, 5.41) is 3.32. The third-order valence-corrected chi connectivity index (χ3v) is 8.24. The lowest BCUT2D eigenvalue weighted by atomic mass is 10.1. The van der Waals surface area contributed by atoms with Gasteiger partial charge in [-0.05, 0) is 62.2 Å². The van der Waals surface area contributed by atoms with Gasteiger partial charge in [-0.25, -0.2) is 8.42 Å². The van der Waals surface area contributed by atoms with Crippen LogP contribution in [-0.4, -0.2) is 44.3 Å². The minimum atomic E-state index is -4.11. The molecule has 3 rings (SSSR count). The van der Waals surface area contributed by atoms with Gasteiger partial charge in [0.2, 0.25) is 11.8 Å². The van der Waals surface area contributed by atoms with Gasteiger partial charge >= 0.3 is 0 Å². The van der Waals surface area contributed by atoms with Gasteiger partial charge in [0.05, 0.1) is 10.6 Å². The van der Waals surface area contributed by atoms with Crippen LogP contribution in [0.4, 0.5) is 5.69 Å². The molecule has 38 heavy (non-hydrogen) atoms. The SMILES string of the molecule is CCCCNC(=O)C(C)N(Cc1ccccc1)C(=O)CN(c1ccc(Cl)cc1)S(=O)(=O)c1ccc(C)cc1. The molecule has 0 fully saturated rings. The molecule has 3 aromatic carbocycles. The van der Waals surface area contributed by atoms with Gasteiger partial charge in [0.1, 0.15) is 12.6 Å². The van der Waals surface area contributed by atoms with Crippen LogP contribution in [0, 0.1) is 6.92 Å². The molecule has 0 aliphatic carbocycles. The van der Waals surface area contributed by atoms with Crippen molar-refractivity contribution in [1.29, 1.82) is 0 Å². The summed E-state index contributed by atoms with van der Waals surface area (Å²) in [7, 11) is -4.11. The van der Waals surface area contributed by atoms with Crippen LogP contribution in [0.2, 0.25) is 5.02 Å². The van der Waals surface area contributed by atoms with Crippen LogP contribution in [0.15, 0.2) is 83.8 Å². The second-order valence-electron chi connectivity index (χ2n) is 9.13. The Labute approximate surface area is 230 Å². The Morgan fingerprint density at radius 2 is 1.58 bits per heavy atom. The maximum Gasteiger partial charge on any atom is 0.264 e. The zero-order chi connectivity index (χ0) is 27.7. The van der Waals surface area contributed by atoms with Crippen LogP contribution in [-0.2, 0) is 26.2 Å². The van der Waals surface area contributed by atoms with E-state index in [-0.39, 0.29) is 17.3 Å². The van der Waals surface area contributed by atoms with Gasteiger partial charge < -0.3 is 10.2 Å². The highest BCUT2D eigenvalue weighted by atomic mass is 35.5. The lowest BCUT2D eigenvalue weighted by molar-refractivity contribution is -0.139. The minimum Gasteiger partial charge on any atom is -0.354 e. The molecule has 1 N–H and O–H groups in total. The molecule has 0 aliphatic rings. The van der Waals surface area contributed by atoms with E-state index in [1.807, 2.05) is 44.2 Å². The normalized spacial score (nSPS) is 12.0. The van der Waals surface area contributed by atoms with E-state index < -0.39 is 28.5 Å². The Bertz CT molecular complexity index is 1310. The number of carbonyl (C=O) groups excluding carboxylic acids is 2. The van der Waals surface area contributed by atoms with Crippen molar-refractivity contribution in [1.82, 2.24) is 10.2 Å². The number of rotatable bonds is 12. The van der Waals surface area contributed by atoms with E-state index >= 15 is 0 Å². The first-order chi connectivity index (χ1) is 18.1. The smallest absolute Gasteiger partial charge is 0.264 e. The highest BCUT2D eigenvalue weighted by molar-refractivity contribution is 7.92. The van der Waals surface area contributed by atoms with Crippen molar-refractivity contribution in [3.8, 4) is 0 Å². The van der Waals surface area contributed by atoms with E-state index in [9.17, 15) is 18.0 Å². The fourth-order valence-electron chi connectivity index (χ4n) is 3.87. The van der Waals surface area contributed by atoms with Gasteiger partial charge in [-0.1, -0.05) is 73.0 Å². The number of halogens is 1. The molecule has 0 bridgehead atoms. The highest BCUT2D eigenvalue weighted by Crippen LogP contribution is 2.26. The summed E-state index contributed by atoms with van der Waals surface area (Å²) in [5.41, 5.74) is 2.03. The Balaban J connectivity index is 1.97.